The van der Waals surface area contributed by atoms with Crippen molar-refractivity contribution >= 4 is 41.4 Å². The number of hydrogen-bond donors (Lipinski definition) is 6. The largest absolute Gasteiger partial charge is 0.394 e. The van der Waals surface area contributed by atoms with Crippen LogP contribution in [0.15, 0.2) is 209 Å². The monoisotopic (exact) mass is 1160 g/mol. The molecule has 10 rings (SSSR count). The molecule has 3 aromatic heterocycles. The third kappa shape index (κ3) is 15.1. The topological polar surface area (TPSA) is 283 Å². The molecule has 20 heteroatoms. The predicted molar refractivity (Wildman–Crippen MR) is 326 cm³/mol. The minimum atomic E-state index is -0.689. The number of hydrogen-bond acceptors (Lipinski definition) is 12. The number of pyridine rings is 3. The summed E-state index contributed by atoms with van der Waals surface area (Å²) >= 11 is 0. The van der Waals surface area contributed by atoms with Gasteiger partial charge in [-0.1, -0.05) is 133 Å². The highest BCUT2D eigenvalue weighted by Crippen LogP contribution is 2.27. The van der Waals surface area contributed by atoms with Gasteiger partial charge in [0, 0.05) is 25.1 Å². The van der Waals surface area contributed by atoms with E-state index in [0.29, 0.717) is 27.8 Å². The van der Waals surface area contributed by atoms with Crippen LogP contribution in [0.4, 0.5) is 0 Å². The fraction of sp³-hybridized carbons (Fsp3) is 0.134. The van der Waals surface area contributed by atoms with Crippen molar-refractivity contribution in [3.05, 3.63) is 281 Å². The molecule has 7 amide bonds. The van der Waals surface area contributed by atoms with Crippen molar-refractivity contribution in [2.75, 3.05) is 39.3 Å². The number of nitrogens with one attached hydrogen (secondary N) is 4. The number of terminal acetylenes is 3. The molecular weight excluding hydrogens is 1110 g/mol. The Morgan fingerprint density at radius 2 is 0.747 bits per heavy atom. The molecular formula is C67H57N9O11. The van der Waals surface area contributed by atoms with Gasteiger partial charge in [-0.05, 0) is 77.4 Å². The second kappa shape index (κ2) is 30.5. The molecule has 7 N–H and O–H groups in total. The summed E-state index contributed by atoms with van der Waals surface area (Å²) in [7, 11) is 0. The van der Waals surface area contributed by atoms with E-state index in [-0.39, 0.29) is 73.9 Å². The van der Waals surface area contributed by atoms with Crippen molar-refractivity contribution in [3.8, 4) is 37.0 Å². The number of aliphatic hydroxyl groups is 1. The number of aromatic nitrogens is 3. The molecule has 0 radical (unpaired) electrons. The van der Waals surface area contributed by atoms with Crippen LogP contribution < -0.4 is 43.7 Å². The van der Waals surface area contributed by atoms with E-state index in [1.54, 1.807) is 103 Å². The molecule has 2 aliphatic heterocycles. The average Bonchev–Trinajstić information content (AvgIpc) is 2.03. The van der Waals surface area contributed by atoms with Crippen LogP contribution in [0.5, 0.6) is 0 Å². The van der Waals surface area contributed by atoms with Crippen LogP contribution in [0, 0.1) is 37.0 Å². The molecule has 436 valence electrons. The Hall–Kier alpha value is -11.8. The summed E-state index contributed by atoms with van der Waals surface area (Å²) in [6.07, 6.45) is 20.1. The maximum absolute atomic E-state index is 13.2. The van der Waals surface area contributed by atoms with E-state index in [9.17, 15) is 53.1 Å². The summed E-state index contributed by atoms with van der Waals surface area (Å²) in [5.74, 6) is 3.85. The van der Waals surface area contributed by atoms with Crippen LogP contribution in [0.1, 0.15) is 107 Å². The molecule has 0 aliphatic carbocycles. The quantitative estimate of drug-likeness (QED) is 0.0586. The van der Waals surface area contributed by atoms with Gasteiger partial charge >= 0.3 is 0 Å². The van der Waals surface area contributed by atoms with E-state index in [1.165, 1.54) is 38.1 Å². The van der Waals surface area contributed by atoms with Crippen LogP contribution in [0.2, 0.25) is 0 Å². The maximum Gasteiger partial charge on any atom is 0.264 e. The number of rotatable bonds is 16. The minimum absolute atomic E-state index is 0.00729. The zero-order valence-corrected chi connectivity index (χ0v) is 46.6. The van der Waals surface area contributed by atoms with Gasteiger partial charge in [0.05, 0.1) is 73.2 Å². The second-order valence-electron chi connectivity index (χ2n) is 18.9. The molecule has 5 heterocycles. The number of nitrogens with two attached hydrogens (primary N) is 1. The van der Waals surface area contributed by atoms with E-state index >= 15 is 0 Å². The second-order valence-corrected chi connectivity index (χ2v) is 18.9. The van der Waals surface area contributed by atoms with Gasteiger partial charge in [0.1, 0.15) is 16.7 Å². The lowest BCUT2D eigenvalue weighted by Gasteiger charge is -2.25. The molecule has 87 heavy (non-hydrogen) atoms. The van der Waals surface area contributed by atoms with Crippen molar-refractivity contribution in [1.29, 1.82) is 0 Å². The summed E-state index contributed by atoms with van der Waals surface area (Å²) in [4.78, 5) is 123. The van der Waals surface area contributed by atoms with E-state index in [4.69, 9.17) is 25.0 Å². The number of nitrogens with zero attached hydrogens (tertiary/aromatic N) is 4. The predicted octanol–water partition coefficient (Wildman–Crippen LogP) is 4.22. The smallest absolute Gasteiger partial charge is 0.264 e. The molecule has 3 atom stereocenters. The van der Waals surface area contributed by atoms with Gasteiger partial charge in [-0.3, -0.25) is 58.2 Å². The standard InChI is InChI=1S/C25H19N3O4.C17H17N3O2.C17H16N2O3.C8H5NO2/c1-2-14-26-22(29)20-13-8-15-27(25(20)32)21(17-9-4-3-5-10-17)16-28-23(30)18-11-6-7-12-19(18)24(28)31;1-2-10-19-16(21)14-9-6-11-20(17(14)22)15(12-18)13-7-4-3-5-8-13;1-2-10-18-16(21)14-9-6-11-19(17(14)22)15(12-20)13-7-4-3-5-8-13;10-7-5-3-1-2-4-6(5)8(11)9-7/h1,3-13,15,21H,14,16H2,(H,26,29);1,3-9,11,15H,10,12,18H2,(H,19,21);1,3-9,11,15,20H,10,12H2,(H,18,21);1-4H,(H,9,10,11)/t21-;2*15-;/m000./s1. The minimum Gasteiger partial charge on any atom is -0.394 e. The number of carbonyl (C=O) groups excluding carboxylic acids is 7. The highest BCUT2D eigenvalue weighted by Gasteiger charge is 2.37. The average molecular weight is 1160 g/mol. The van der Waals surface area contributed by atoms with Crippen LogP contribution in [-0.4, -0.2) is 104 Å². The molecule has 20 nitrogen and oxygen atoms in total. The number of benzene rings is 5. The number of fused-ring (bicyclic) bond motifs is 2. The molecule has 5 aromatic carbocycles. The highest BCUT2D eigenvalue weighted by atomic mass is 16.3. The lowest BCUT2D eigenvalue weighted by Crippen LogP contribution is -2.40. The summed E-state index contributed by atoms with van der Waals surface area (Å²) in [5.41, 5.74) is 8.39. The summed E-state index contributed by atoms with van der Waals surface area (Å²) in [6, 6.07) is 48.6. The van der Waals surface area contributed by atoms with Crippen LogP contribution in [-0.2, 0) is 0 Å². The van der Waals surface area contributed by atoms with Crippen LogP contribution >= 0.6 is 0 Å². The lowest BCUT2D eigenvalue weighted by atomic mass is 10.1. The number of amides is 7. The highest BCUT2D eigenvalue weighted by molar-refractivity contribution is 6.22. The fourth-order valence-corrected chi connectivity index (χ4v) is 9.30. The molecule has 0 unspecified atom stereocenters. The first-order valence-electron chi connectivity index (χ1n) is 26.8. The van der Waals surface area contributed by atoms with Crippen molar-refractivity contribution in [1.82, 2.24) is 39.9 Å². The third-order valence-corrected chi connectivity index (χ3v) is 13.5. The van der Waals surface area contributed by atoms with Crippen LogP contribution in [0.3, 0.4) is 0 Å². The summed E-state index contributed by atoms with van der Waals surface area (Å²) in [5, 5.41) is 19.3. The maximum atomic E-state index is 13.2. The number of carbonyl (C=O) groups is 7. The first-order chi connectivity index (χ1) is 42.2. The van der Waals surface area contributed by atoms with Gasteiger partial charge in [-0.2, -0.15) is 0 Å². The van der Waals surface area contributed by atoms with Crippen molar-refractivity contribution in [3.63, 3.8) is 0 Å². The Kier molecular flexibility index (Phi) is 22.0. The van der Waals surface area contributed by atoms with Crippen molar-refractivity contribution < 1.29 is 38.7 Å². The SMILES string of the molecule is C#CCNC(=O)c1cccn([C@@H](CN)c2ccccc2)c1=O.C#CCNC(=O)c1cccn([C@@H](CN2C(=O)c3ccccc3C2=O)c2ccccc2)c1=O.C#CCNC(=O)c1cccn([C@@H](CO)c2ccccc2)c1=O.O=C1NC(=O)c2ccccc21. The summed E-state index contributed by atoms with van der Waals surface area (Å²) in [6.45, 7) is 0.0517. The molecule has 2 aliphatic rings. The zero-order valence-electron chi connectivity index (χ0n) is 46.6. The molecule has 0 saturated heterocycles. The zero-order chi connectivity index (χ0) is 62.4. The van der Waals surface area contributed by atoms with E-state index in [1.807, 2.05) is 66.7 Å². The van der Waals surface area contributed by atoms with Gasteiger partial charge in [0.2, 0.25) is 0 Å². The van der Waals surface area contributed by atoms with Gasteiger partial charge in [0.15, 0.2) is 0 Å². The Labute approximate surface area is 499 Å². The fourth-order valence-electron chi connectivity index (χ4n) is 9.30. The summed E-state index contributed by atoms with van der Waals surface area (Å²) < 4.78 is 4.18. The van der Waals surface area contributed by atoms with E-state index in [0.717, 1.165) is 16.0 Å². The molecule has 0 saturated carbocycles. The van der Waals surface area contributed by atoms with Gasteiger partial charge in [-0.25, -0.2) is 0 Å². The van der Waals surface area contributed by atoms with Crippen molar-refractivity contribution in [2.45, 2.75) is 18.1 Å². The first kappa shape index (κ1) is 62.8. The third-order valence-electron chi connectivity index (χ3n) is 13.5. The van der Waals surface area contributed by atoms with Gasteiger partial charge in [0.25, 0.3) is 58.0 Å². The number of aliphatic hydroxyl groups excluding tert-OH is 1. The van der Waals surface area contributed by atoms with Gasteiger partial charge < -0.3 is 40.5 Å². The number of imide groups is 2. The lowest BCUT2D eigenvalue weighted by molar-refractivity contribution is 0.0636. The van der Waals surface area contributed by atoms with E-state index < -0.39 is 58.3 Å². The van der Waals surface area contributed by atoms with Crippen molar-refractivity contribution in [2.24, 2.45) is 5.73 Å². The molecule has 8 aromatic rings. The van der Waals surface area contributed by atoms with E-state index in [2.05, 4.69) is 39.0 Å². The normalized spacial score (nSPS) is 12.6. The van der Waals surface area contributed by atoms with Gasteiger partial charge in [-0.15, -0.1) is 19.3 Å². The van der Waals surface area contributed by atoms with Crippen LogP contribution in [0.25, 0.3) is 0 Å². The molecule has 0 spiro atoms. The Morgan fingerprint density at radius 1 is 0.437 bits per heavy atom. The Morgan fingerprint density at radius 3 is 1.09 bits per heavy atom. The first-order valence-corrected chi connectivity index (χ1v) is 26.8. The molecule has 0 bridgehead atoms. The Balaban J connectivity index is 0.000000175. The Bertz CT molecular complexity index is 3960. The molecule has 0 fully saturated rings.